The average Bonchev–Trinajstić information content (AvgIpc) is 2.42. The van der Waals surface area contributed by atoms with Crippen LogP contribution in [0.1, 0.15) is 18.9 Å². The van der Waals surface area contributed by atoms with Crippen LogP contribution in [0.3, 0.4) is 0 Å². The maximum atomic E-state index is 12.4. The SMILES string of the molecule is CNCc1cc(Cl)cc(S(=O)(=O)NCCC(C)SC)c1Cl. The Kier molecular flexibility index (Phi) is 7.81. The summed E-state index contributed by atoms with van der Waals surface area (Å²) in [7, 11) is -1.90. The van der Waals surface area contributed by atoms with Crippen molar-refractivity contribution in [2.75, 3.05) is 19.8 Å². The molecule has 8 heteroatoms. The molecule has 21 heavy (non-hydrogen) atoms. The summed E-state index contributed by atoms with van der Waals surface area (Å²) in [6.45, 7) is 2.87. The Labute approximate surface area is 141 Å². The van der Waals surface area contributed by atoms with Crippen LogP contribution in [0.15, 0.2) is 17.0 Å². The lowest BCUT2D eigenvalue weighted by molar-refractivity contribution is 0.579. The zero-order valence-electron chi connectivity index (χ0n) is 12.2. The first kappa shape index (κ1) is 19.1. The molecule has 0 saturated heterocycles. The summed E-state index contributed by atoms with van der Waals surface area (Å²) in [4.78, 5) is 0.0266. The van der Waals surface area contributed by atoms with Crippen molar-refractivity contribution in [1.82, 2.24) is 10.0 Å². The van der Waals surface area contributed by atoms with E-state index in [1.165, 1.54) is 6.07 Å². The van der Waals surface area contributed by atoms with Crippen LogP contribution in [-0.2, 0) is 16.6 Å². The summed E-state index contributed by atoms with van der Waals surface area (Å²) in [5.41, 5.74) is 0.657. The van der Waals surface area contributed by atoms with E-state index in [1.807, 2.05) is 6.26 Å². The van der Waals surface area contributed by atoms with Crippen molar-refractivity contribution in [3.05, 3.63) is 27.7 Å². The molecule has 2 N–H and O–H groups in total. The van der Waals surface area contributed by atoms with E-state index < -0.39 is 10.0 Å². The fourth-order valence-electron chi connectivity index (χ4n) is 1.73. The van der Waals surface area contributed by atoms with Gasteiger partial charge < -0.3 is 5.32 Å². The third kappa shape index (κ3) is 5.62. The number of halogens is 2. The van der Waals surface area contributed by atoms with E-state index in [0.29, 0.717) is 28.9 Å². The van der Waals surface area contributed by atoms with E-state index in [1.54, 1.807) is 24.9 Å². The van der Waals surface area contributed by atoms with Crippen LogP contribution < -0.4 is 10.0 Å². The van der Waals surface area contributed by atoms with Crippen molar-refractivity contribution in [3.8, 4) is 0 Å². The van der Waals surface area contributed by atoms with E-state index >= 15 is 0 Å². The maximum Gasteiger partial charge on any atom is 0.242 e. The Morgan fingerprint density at radius 3 is 2.57 bits per heavy atom. The Bertz CT molecular complexity index is 580. The molecule has 1 unspecified atom stereocenters. The number of benzene rings is 1. The molecule has 120 valence electrons. The van der Waals surface area contributed by atoms with Gasteiger partial charge in [-0.25, -0.2) is 13.1 Å². The highest BCUT2D eigenvalue weighted by molar-refractivity contribution is 7.99. The second-order valence-electron chi connectivity index (χ2n) is 4.64. The minimum atomic E-state index is -3.66. The molecule has 0 fully saturated rings. The van der Waals surface area contributed by atoms with Gasteiger partial charge in [0.05, 0.1) is 5.02 Å². The molecular formula is C13H20Cl2N2O2S2. The van der Waals surface area contributed by atoms with E-state index in [-0.39, 0.29) is 9.92 Å². The number of hydrogen-bond acceptors (Lipinski definition) is 4. The van der Waals surface area contributed by atoms with Crippen molar-refractivity contribution in [2.24, 2.45) is 0 Å². The average molecular weight is 371 g/mol. The maximum absolute atomic E-state index is 12.4. The lowest BCUT2D eigenvalue weighted by atomic mass is 10.2. The highest BCUT2D eigenvalue weighted by Gasteiger charge is 2.20. The van der Waals surface area contributed by atoms with E-state index in [9.17, 15) is 8.42 Å². The van der Waals surface area contributed by atoms with Gasteiger partial charge in [-0.2, -0.15) is 11.8 Å². The van der Waals surface area contributed by atoms with E-state index in [4.69, 9.17) is 23.2 Å². The van der Waals surface area contributed by atoms with Crippen LogP contribution >= 0.6 is 35.0 Å². The van der Waals surface area contributed by atoms with Crippen molar-refractivity contribution in [2.45, 2.75) is 30.0 Å². The number of rotatable bonds is 8. The first-order valence-electron chi connectivity index (χ1n) is 6.46. The first-order valence-corrected chi connectivity index (χ1v) is 9.99. The molecule has 0 aromatic heterocycles. The lowest BCUT2D eigenvalue weighted by Crippen LogP contribution is -2.27. The molecule has 1 aromatic rings. The summed E-state index contributed by atoms with van der Waals surface area (Å²) >= 11 is 13.9. The largest absolute Gasteiger partial charge is 0.316 e. The van der Waals surface area contributed by atoms with Crippen molar-refractivity contribution >= 4 is 45.0 Å². The highest BCUT2D eigenvalue weighted by atomic mass is 35.5. The monoisotopic (exact) mass is 370 g/mol. The highest BCUT2D eigenvalue weighted by Crippen LogP contribution is 2.29. The summed E-state index contributed by atoms with van der Waals surface area (Å²) in [6.07, 6.45) is 2.75. The van der Waals surface area contributed by atoms with Crippen LogP contribution in [0, 0.1) is 0 Å². The summed E-state index contributed by atoms with van der Waals surface area (Å²) in [5, 5.41) is 3.88. The zero-order valence-corrected chi connectivity index (χ0v) is 15.4. The fourth-order valence-corrected chi connectivity index (χ4v) is 4.06. The Morgan fingerprint density at radius 2 is 2.00 bits per heavy atom. The van der Waals surface area contributed by atoms with Crippen molar-refractivity contribution < 1.29 is 8.42 Å². The third-order valence-electron chi connectivity index (χ3n) is 2.98. The van der Waals surface area contributed by atoms with E-state index in [2.05, 4.69) is 17.0 Å². The molecule has 0 amide bonds. The van der Waals surface area contributed by atoms with Crippen LogP contribution in [0.4, 0.5) is 0 Å². The van der Waals surface area contributed by atoms with Gasteiger partial charge in [-0.05, 0) is 37.4 Å². The molecule has 0 bridgehead atoms. The Hall–Kier alpha value is 0.0200. The van der Waals surface area contributed by atoms with Gasteiger partial charge in [0.2, 0.25) is 10.0 Å². The molecule has 0 heterocycles. The van der Waals surface area contributed by atoms with Crippen LogP contribution in [0.25, 0.3) is 0 Å². The van der Waals surface area contributed by atoms with E-state index in [0.717, 1.165) is 6.42 Å². The predicted octanol–water partition coefficient (Wildman–Crippen LogP) is 3.13. The first-order chi connectivity index (χ1) is 9.81. The predicted molar refractivity (Wildman–Crippen MR) is 92.0 cm³/mol. The van der Waals surface area contributed by atoms with Gasteiger partial charge in [-0.15, -0.1) is 0 Å². The molecule has 0 spiro atoms. The quantitative estimate of drug-likeness (QED) is 0.737. The molecule has 1 rings (SSSR count). The van der Waals surface area contributed by atoms with Crippen molar-refractivity contribution in [3.63, 3.8) is 0 Å². The number of nitrogens with one attached hydrogen (secondary N) is 2. The molecule has 0 saturated carbocycles. The third-order valence-corrected chi connectivity index (χ3v) is 6.28. The second kappa shape index (κ2) is 8.60. The topological polar surface area (TPSA) is 58.2 Å². The molecule has 0 aliphatic carbocycles. The molecule has 1 aromatic carbocycles. The molecule has 0 aliphatic heterocycles. The fraction of sp³-hybridized carbons (Fsp3) is 0.538. The molecule has 0 aliphatic rings. The smallest absolute Gasteiger partial charge is 0.242 e. The van der Waals surface area contributed by atoms with Crippen molar-refractivity contribution in [1.29, 1.82) is 0 Å². The molecule has 1 atom stereocenters. The molecular weight excluding hydrogens is 351 g/mol. The zero-order chi connectivity index (χ0) is 16.0. The Balaban J connectivity index is 2.97. The second-order valence-corrected chi connectivity index (χ2v) is 8.47. The van der Waals surface area contributed by atoms with Crippen LogP contribution in [0.2, 0.25) is 10.0 Å². The van der Waals surface area contributed by atoms with Gasteiger partial charge >= 0.3 is 0 Å². The number of hydrogen-bond donors (Lipinski definition) is 2. The molecule has 4 nitrogen and oxygen atoms in total. The summed E-state index contributed by atoms with van der Waals surface area (Å²) in [5.74, 6) is 0. The minimum Gasteiger partial charge on any atom is -0.316 e. The summed E-state index contributed by atoms with van der Waals surface area (Å²) in [6, 6.07) is 3.04. The molecule has 0 radical (unpaired) electrons. The van der Waals surface area contributed by atoms with Gasteiger partial charge in [0.15, 0.2) is 0 Å². The van der Waals surface area contributed by atoms with Crippen LogP contribution in [-0.4, -0.2) is 33.5 Å². The number of sulfonamides is 1. The van der Waals surface area contributed by atoms with Gasteiger partial charge in [-0.3, -0.25) is 0 Å². The normalized spacial score (nSPS) is 13.4. The standard InChI is InChI=1S/C13H20Cl2N2O2S2/c1-9(20-3)4-5-17-21(18,19)12-7-11(14)6-10(8-16-2)13(12)15/h6-7,9,16-17H,4-5,8H2,1-3H3. The minimum absolute atomic E-state index is 0.0266. The summed E-state index contributed by atoms with van der Waals surface area (Å²) < 4.78 is 27.3. The number of thioether (sulfide) groups is 1. The van der Waals surface area contributed by atoms with Gasteiger partial charge in [0.1, 0.15) is 4.90 Å². The van der Waals surface area contributed by atoms with Gasteiger partial charge in [-0.1, -0.05) is 30.1 Å². The Morgan fingerprint density at radius 1 is 1.33 bits per heavy atom. The van der Waals surface area contributed by atoms with Crippen LogP contribution in [0.5, 0.6) is 0 Å². The van der Waals surface area contributed by atoms with Gasteiger partial charge in [0, 0.05) is 23.4 Å². The lowest BCUT2D eigenvalue weighted by Gasteiger charge is -2.13. The van der Waals surface area contributed by atoms with Gasteiger partial charge in [0.25, 0.3) is 0 Å².